The third-order valence-electron chi connectivity index (χ3n) is 4.36. The first-order valence-electron chi connectivity index (χ1n) is 7.76. The molecule has 0 bridgehead atoms. The fourth-order valence-electron chi connectivity index (χ4n) is 3.00. The number of nitrogens with zero attached hydrogens (tertiary/aromatic N) is 1. The SMILES string of the molecule is CCN(CC)C(=O)C(C)NCC1CCCCC1C(=O)O. The number of rotatable bonds is 7. The van der Waals surface area contributed by atoms with Gasteiger partial charge in [-0.1, -0.05) is 12.8 Å². The Morgan fingerprint density at radius 3 is 2.40 bits per heavy atom. The minimum absolute atomic E-state index is 0.0951. The average Bonchev–Trinajstić information content (AvgIpc) is 2.46. The van der Waals surface area contributed by atoms with Crippen LogP contribution in [0.25, 0.3) is 0 Å². The van der Waals surface area contributed by atoms with Crippen molar-refractivity contribution in [2.75, 3.05) is 19.6 Å². The van der Waals surface area contributed by atoms with Gasteiger partial charge in [0.1, 0.15) is 0 Å². The lowest BCUT2D eigenvalue weighted by atomic mass is 9.79. The van der Waals surface area contributed by atoms with Crippen molar-refractivity contribution >= 4 is 11.9 Å². The van der Waals surface area contributed by atoms with Gasteiger partial charge in [-0.15, -0.1) is 0 Å². The monoisotopic (exact) mass is 284 g/mol. The number of hydrogen-bond acceptors (Lipinski definition) is 3. The molecule has 0 aromatic rings. The van der Waals surface area contributed by atoms with Gasteiger partial charge in [-0.25, -0.2) is 0 Å². The lowest BCUT2D eigenvalue weighted by Gasteiger charge is -2.30. The number of nitrogens with one attached hydrogen (secondary N) is 1. The van der Waals surface area contributed by atoms with Gasteiger partial charge in [0.25, 0.3) is 0 Å². The van der Waals surface area contributed by atoms with Crippen molar-refractivity contribution in [3.05, 3.63) is 0 Å². The molecule has 1 amide bonds. The summed E-state index contributed by atoms with van der Waals surface area (Å²) >= 11 is 0. The van der Waals surface area contributed by atoms with E-state index in [0.29, 0.717) is 19.6 Å². The predicted octanol–water partition coefficient (Wildman–Crippen LogP) is 1.72. The second-order valence-corrected chi connectivity index (χ2v) is 5.63. The Morgan fingerprint density at radius 1 is 1.25 bits per heavy atom. The van der Waals surface area contributed by atoms with Crippen molar-refractivity contribution in [2.45, 2.75) is 52.5 Å². The number of carboxylic acid groups (broad SMARTS) is 1. The first-order valence-corrected chi connectivity index (χ1v) is 7.76. The Balaban J connectivity index is 2.48. The molecule has 5 nitrogen and oxygen atoms in total. The van der Waals surface area contributed by atoms with Gasteiger partial charge >= 0.3 is 5.97 Å². The molecule has 0 aromatic carbocycles. The number of aliphatic carboxylic acids is 1. The minimum atomic E-state index is -0.695. The Labute approximate surface area is 121 Å². The van der Waals surface area contributed by atoms with Crippen molar-refractivity contribution in [3.63, 3.8) is 0 Å². The highest BCUT2D eigenvalue weighted by Gasteiger charge is 2.31. The van der Waals surface area contributed by atoms with Crippen molar-refractivity contribution in [3.8, 4) is 0 Å². The van der Waals surface area contributed by atoms with Gasteiger partial charge in [-0.2, -0.15) is 0 Å². The van der Waals surface area contributed by atoms with Crippen LogP contribution in [0.3, 0.4) is 0 Å². The smallest absolute Gasteiger partial charge is 0.306 e. The molecular weight excluding hydrogens is 256 g/mol. The third-order valence-corrected chi connectivity index (χ3v) is 4.36. The normalized spacial score (nSPS) is 24.1. The minimum Gasteiger partial charge on any atom is -0.481 e. The fourth-order valence-corrected chi connectivity index (χ4v) is 3.00. The van der Waals surface area contributed by atoms with Crippen LogP contribution in [0, 0.1) is 11.8 Å². The van der Waals surface area contributed by atoms with Crippen LogP contribution in [0.15, 0.2) is 0 Å². The standard InChI is InChI=1S/C15H28N2O3/c1-4-17(5-2)14(18)11(3)16-10-12-8-6-7-9-13(12)15(19)20/h11-13,16H,4-10H2,1-3H3,(H,19,20). The second kappa shape index (κ2) is 8.25. The topological polar surface area (TPSA) is 69.6 Å². The molecule has 2 N–H and O–H groups in total. The van der Waals surface area contributed by atoms with Gasteiger partial charge in [0, 0.05) is 13.1 Å². The van der Waals surface area contributed by atoms with E-state index in [0.717, 1.165) is 25.7 Å². The highest BCUT2D eigenvalue weighted by Crippen LogP contribution is 2.29. The Bertz CT molecular complexity index is 329. The lowest BCUT2D eigenvalue weighted by molar-refractivity contribution is -0.144. The molecule has 3 unspecified atom stereocenters. The number of hydrogen-bond donors (Lipinski definition) is 2. The molecule has 20 heavy (non-hydrogen) atoms. The molecule has 1 fully saturated rings. The molecule has 0 spiro atoms. The van der Waals surface area contributed by atoms with E-state index in [1.165, 1.54) is 0 Å². The molecule has 0 heterocycles. The molecule has 1 aliphatic carbocycles. The highest BCUT2D eigenvalue weighted by atomic mass is 16.4. The molecule has 0 saturated heterocycles. The summed E-state index contributed by atoms with van der Waals surface area (Å²) in [5.41, 5.74) is 0. The highest BCUT2D eigenvalue weighted by molar-refractivity contribution is 5.81. The quantitative estimate of drug-likeness (QED) is 0.747. The van der Waals surface area contributed by atoms with Crippen LogP contribution in [-0.2, 0) is 9.59 Å². The summed E-state index contributed by atoms with van der Waals surface area (Å²) in [5.74, 6) is -0.711. The zero-order valence-electron chi connectivity index (χ0n) is 12.9. The molecule has 1 rings (SSSR count). The number of carbonyl (C=O) groups excluding carboxylic acids is 1. The van der Waals surface area contributed by atoms with E-state index in [-0.39, 0.29) is 23.8 Å². The lowest BCUT2D eigenvalue weighted by Crippen LogP contribution is -2.47. The summed E-state index contributed by atoms with van der Waals surface area (Å²) in [5, 5.41) is 12.5. The molecule has 5 heteroatoms. The van der Waals surface area contributed by atoms with Crippen molar-refractivity contribution in [1.82, 2.24) is 10.2 Å². The van der Waals surface area contributed by atoms with Gasteiger partial charge < -0.3 is 15.3 Å². The van der Waals surface area contributed by atoms with E-state index in [1.807, 2.05) is 20.8 Å². The summed E-state index contributed by atoms with van der Waals surface area (Å²) < 4.78 is 0. The van der Waals surface area contributed by atoms with Crippen molar-refractivity contribution < 1.29 is 14.7 Å². The van der Waals surface area contributed by atoms with Crippen LogP contribution in [0.4, 0.5) is 0 Å². The number of likely N-dealkylation sites (N-methyl/N-ethyl adjacent to an activating group) is 1. The Kier molecular flexibility index (Phi) is 6.99. The van der Waals surface area contributed by atoms with Crippen LogP contribution in [0.2, 0.25) is 0 Å². The maximum atomic E-state index is 12.1. The van der Waals surface area contributed by atoms with Crippen LogP contribution in [0.1, 0.15) is 46.5 Å². The number of carboxylic acids is 1. The number of carbonyl (C=O) groups is 2. The van der Waals surface area contributed by atoms with E-state index in [2.05, 4.69) is 5.32 Å². The summed E-state index contributed by atoms with van der Waals surface area (Å²) in [4.78, 5) is 25.2. The first kappa shape index (κ1) is 17.0. The molecule has 1 aliphatic rings. The summed E-state index contributed by atoms with van der Waals surface area (Å²) in [6, 6.07) is -0.244. The van der Waals surface area contributed by atoms with E-state index >= 15 is 0 Å². The summed E-state index contributed by atoms with van der Waals surface area (Å²) in [6.45, 7) is 7.83. The third kappa shape index (κ3) is 4.47. The van der Waals surface area contributed by atoms with Crippen molar-refractivity contribution in [2.24, 2.45) is 11.8 Å². The first-order chi connectivity index (χ1) is 9.51. The average molecular weight is 284 g/mol. The van der Waals surface area contributed by atoms with E-state index in [4.69, 9.17) is 0 Å². The molecule has 116 valence electrons. The molecule has 1 saturated carbocycles. The van der Waals surface area contributed by atoms with E-state index < -0.39 is 5.97 Å². The van der Waals surface area contributed by atoms with Gasteiger partial charge in [0.2, 0.25) is 5.91 Å². The maximum Gasteiger partial charge on any atom is 0.306 e. The number of amides is 1. The van der Waals surface area contributed by atoms with Crippen molar-refractivity contribution in [1.29, 1.82) is 0 Å². The Hall–Kier alpha value is -1.10. The summed E-state index contributed by atoms with van der Waals surface area (Å²) in [7, 11) is 0. The van der Waals surface area contributed by atoms with Crippen LogP contribution in [-0.4, -0.2) is 47.6 Å². The molecular formula is C15H28N2O3. The molecule has 0 radical (unpaired) electrons. The van der Waals surface area contributed by atoms with Gasteiger partial charge in [0.15, 0.2) is 0 Å². The zero-order valence-corrected chi connectivity index (χ0v) is 12.9. The maximum absolute atomic E-state index is 12.1. The predicted molar refractivity (Wildman–Crippen MR) is 78.5 cm³/mol. The largest absolute Gasteiger partial charge is 0.481 e. The summed E-state index contributed by atoms with van der Waals surface area (Å²) in [6.07, 6.45) is 3.80. The van der Waals surface area contributed by atoms with Crippen LogP contribution in [0.5, 0.6) is 0 Å². The van der Waals surface area contributed by atoms with Gasteiger partial charge in [-0.3, -0.25) is 9.59 Å². The van der Waals surface area contributed by atoms with E-state index in [9.17, 15) is 14.7 Å². The second-order valence-electron chi connectivity index (χ2n) is 5.63. The van der Waals surface area contributed by atoms with Gasteiger partial charge in [-0.05, 0) is 46.1 Å². The van der Waals surface area contributed by atoms with E-state index in [1.54, 1.807) is 4.90 Å². The zero-order chi connectivity index (χ0) is 15.1. The molecule has 3 atom stereocenters. The molecule has 0 aliphatic heterocycles. The van der Waals surface area contributed by atoms with Gasteiger partial charge in [0.05, 0.1) is 12.0 Å². The van der Waals surface area contributed by atoms with Crippen LogP contribution >= 0.6 is 0 Å². The fraction of sp³-hybridized carbons (Fsp3) is 0.867. The molecule has 0 aromatic heterocycles. The Morgan fingerprint density at radius 2 is 1.85 bits per heavy atom. The van der Waals surface area contributed by atoms with Crippen LogP contribution < -0.4 is 5.32 Å².